The number of rotatable bonds is 4. The highest BCUT2D eigenvalue weighted by Gasteiger charge is 2.24. The van der Waals surface area contributed by atoms with E-state index in [9.17, 15) is 9.59 Å². The fraction of sp³-hybridized carbons (Fsp3) is 0.227. The van der Waals surface area contributed by atoms with E-state index in [4.69, 9.17) is 4.42 Å². The molecule has 2 amide bonds. The molecule has 0 spiro atoms. The number of hydrogen-bond acceptors (Lipinski definition) is 5. The van der Waals surface area contributed by atoms with Crippen LogP contribution in [0.25, 0.3) is 0 Å². The number of anilines is 2. The predicted molar refractivity (Wildman–Crippen MR) is 110 cm³/mol. The van der Waals surface area contributed by atoms with Crippen molar-refractivity contribution in [3.8, 4) is 0 Å². The third-order valence-corrected chi connectivity index (χ3v) is 4.92. The van der Waals surface area contributed by atoms with Crippen molar-refractivity contribution >= 4 is 23.2 Å². The average Bonchev–Trinajstić information content (AvgIpc) is 3.28. The van der Waals surface area contributed by atoms with Gasteiger partial charge < -0.3 is 19.5 Å². The van der Waals surface area contributed by atoms with Gasteiger partial charge in [0.05, 0.1) is 6.26 Å². The Bertz CT molecular complexity index is 1010. The van der Waals surface area contributed by atoms with E-state index in [0.717, 1.165) is 16.9 Å². The van der Waals surface area contributed by atoms with Gasteiger partial charge in [0.2, 0.25) is 0 Å². The summed E-state index contributed by atoms with van der Waals surface area (Å²) >= 11 is 0. The molecule has 1 saturated heterocycles. The molecule has 1 aromatic carbocycles. The van der Waals surface area contributed by atoms with Gasteiger partial charge in [-0.05, 0) is 48.9 Å². The normalized spacial score (nSPS) is 14.0. The number of furan rings is 1. The Labute approximate surface area is 169 Å². The van der Waals surface area contributed by atoms with Gasteiger partial charge >= 0.3 is 0 Å². The van der Waals surface area contributed by atoms with E-state index in [2.05, 4.69) is 15.2 Å². The Balaban J connectivity index is 1.40. The van der Waals surface area contributed by atoms with Gasteiger partial charge in [-0.2, -0.15) is 0 Å². The number of piperazine rings is 1. The molecular formula is C22H22N4O3. The molecule has 7 heteroatoms. The second-order valence-corrected chi connectivity index (χ2v) is 6.98. The van der Waals surface area contributed by atoms with Crippen LogP contribution in [0.1, 0.15) is 26.6 Å². The molecule has 3 aromatic rings. The number of amides is 2. The maximum Gasteiger partial charge on any atom is 0.289 e. The fourth-order valence-corrected chi connectivity index (χ4v) is 3.38. The SMILES string of the molecule is Cc1cccc(NC(=O)c2cc(N3CCN(C(=O)c4ccco4)CC3)ccn2)c1. The van der Waals surface area contributed by atoms with Gasteiger partial charge in [0, 0.05) is 43.8 Å². The highest BCUT2D eigenvalue weighted by molar-refractivity contribution is 6.03. The summed E-state index contributed by atoms with van der Waals surface area (Å²) < 4.78 is 5.20. The molecule has 1 aliphatic heterocycles. The average molecular weight is 390 g/mol. The third kappa shape index (κ3) is 4.29. The minimum atomic E-state index is -0.246. The number of nitrogens with zero attached hydrogens (tertiary/aromatic N) is 3. The lowest BCUT2D eigenvalue weighted by atomic mass is 10.2. The minimum absolute atomic E-state index is 0.0948. The van der Waals surface area contributed by atoms with Crippen molar-refractivity contribution in [2.24, 2.45) is 0 Å². The Morgan fingerprint density at radius 3 is 2.59 bits per heavy atom. The predicted octanol–water partition coefficient (Wildman–Crippen LogP) is 3.20. The van der Waals surface area contributed by atoms with E-state index < -0.39 is 0 Å². The molecule has 0 aliphatic carbocycles. The van der Waals surface area contributed by atoms with Crippen LogP contribution < -0.4 is 10.2 Å². The topological polar surface area (TPSA) is 78.7 Å². The zero-order valence-electron chi connectivity index (χ0n) is 16.2. The first-order chi connectivity index (χ1) is 14.1. The molecular weight excluding hydrogens is 368 g/mol. The quantitative estimate of drug-likeness (QED) is 0.740. The molecule has 1 N–H and O–H groups in total. The smallest absolute Gasteiger partial charge is 0.289 e. The van der Waals surface area contributed by atoms with Crippen molar-refractivity contribution in [3.63, 3.8) is 0 Å². The van der Waals surface area contributed by atoms with Crippen LogP contribution in [0.15, 0.2) is 65.4 Å². The molecule has 0 unspecified atom stereocenters. The number of benzene rings is 1. The second-order valence-electron chi connectivity index (χ2n) is 6.98. The Morgan fingerprint density at radius 1 is 1.03 bits per heavy atom. The summed E-state index contributed by atoms with van der Waals surface area (Å²) in [6.45, 7) is 4.51. The van der Waals surface area contributed by atoms with Gasteiger partial charge in [0.15, 0.2) is 5.76 Å². The number of hydrogen-bond donors (Lipinski definition) is 1. The molecule has 7 nitrogen and oxygen atoms in total. The summed E-state index contributed by atoms with van der Waals surface area (Å²) in [5.74, 6) is 0.0177. The van der Waals surface area contributed by atoms with Crippen LogP contribution in [0.5, 0.6) is 0 Å². The first-order valence-corrected chi connectivity index (χ1v) is 9.52. The maximum absolute atomic E-state index is 12.6. The van der Waals surface area contributed by atoms with Crippen molar-refractivity contribution in [2.45, 2.75) is 6.92 Å². The zero-order chi connectivity index (χ0) is 20.2. The molecule has 0 saturated carbocycles. The van der Waals surface area contributed by atoms with Crippen LogP contribution in [0.3, 0.4) is 0 Å². The van der Waals surface area contributed by atoms with E-state index >= 15 is 0 Å². The number of aryl methyl sites for hydroxylation is 1. The molecule has 2 aromatic heterocycles. The fourth-order valence-electron chi connectivity index (χ4n) is 3.38. The van der Waals surface area contributed by atoms with Gasteiger partial charge in [0.25, 0.3) is 11.8 Å². The van der Waals surface area contributed by atoms with Crippen molar-refractivity contribution in [1.82, 2.24) is 9.88 Å². The number of carbonyl (C=O) groups is 2. The number of carbonyl (C=O) groups excluding carboxylic acids is 2. The molecule has 0 radical (unpaired) electrons. The third-order valence-electron chi connectivity index (χ3n) is 4.92. The lowest BCUT2D eigenvalue weighted by molar-refractivity contribution is 0.0714. The lowest BCUT2D eigenvalue weighted by Crippen LogP contribution is -2.48. The van der Waals surface area contributed by atoms with E-state index in [1.165, 1.54) is 6.26 Å². The maximum atomic E-state index is 12.6. The van der Waals surface area contributed by atoms with Crippen molar-refractivity contribution in [3.05, 3.63) is 78.0 Å². The molecule has 1 aliphatic rings. The molecule has 1 fully saturated rings. The van der Waals surface area contributed by atoms with Crippen molar-refractivity contribution in [1.29, 1.82) is 0 Å². The van der Waals surface area contributed by atoms with Gasteiger partial charge in [0.1, 0.15) is 5.69 Å². The van der Waals surface area contributed by atoms with E-state index in [0.29, 0.717) is 37.6 Å². The lowest BCUT2D eigenvalue weighted by Gasteiger charge is -2.35. The minimum Gasteiger partial charge on any atom is -0.459 e. The van der Waals surface area contributed by atoms with E-state index in [-0.39, 0.29) is 11.8 Å². The van der Waals surface area contributed by atoms with Crippen molar-refractivity contribution in [2.75, 3.05) is 36.4 Å². The Morgan fingerprint density at radius 2 is 1.86 bits per heavy atom. The van der Waals surface area contributed by atoms with Gasteiger partial charge in [-0.3, -0.25) is 14.6 Å². The molecule has 148 valence electrons. The van der Waals surface area contributed by atoms with Crippen LogP contribution in [0.2, 0.25) is 0 Å². The number of aromatic nitrogens is 1. The van der Waals surface area contributed by atoms with Crippen LogP contribution in [-0.4, -0.2) is 47.9 Å². The molecule has 4 rings (SSSR count). The van der Waals surface area contributed by atoms with Gasteiger partial charge in [-0.1, -0.05) is 12.1 Å². The zero-order valence-corrected chi connectivity index (χ0v) is 16.2. The van der Waals surface area contributed by atoms with E-state index in [1.54, 1.807) is 29.3 Å². The first-order valence-electron chi connectivity index (χ1n) is 9.52. The van der Waals surface area contributed by atoms with Gasteiger partial charge in [-0.15, -0.1) is 0 Å². The van der Waals surface area contributed by atoms with Gasteiger partial charge in [-0.25, -0.2) is 0 Å². The Hall–Kier alpha value is -3.61. The summed E-state index contributed by atoms with van der Waals surface area (Å²) in [6, 6.07) is 14.7. The molecule has 3 heterocycles. The monoisotopic (exact) mass is 390 g/mol. The Kier molecular flexibility index (Phi) is 5.29. The summed E-state index contributed by atoms with van der Waals surface area (Å²) in [6.07, 6.45) is 3.14. The highest BCUT2D eigenvalue weighted by atomic mass is 16.3. The van der Waals surface area contributed by atoms with Crippen LogP contribution in [0, 0.1) is 6.92 Å². The number of nitrogens with one attached hydrogen (secondary N) is 1. The standard InChI is InChI=1S/C22H22N4O3/c1-16-4-2-5-17(14-16)24-21(27)19-15-18(7-8-23-19)25-9-11-26(12-10-25)22(28)20-6-3-13-29-20/h2-8,13-15H,9-12H2,1H3,(H,24,27). The van der Waals surface area contributed by atoms with Crippen LogP contribution in [0.4, 0.5) is 11.4 Å². The van der Waals surface area contributed by atoms with Crippen LogP contribution in [-0.2, 0) is 0 Å². The molecule has 29 heavy (non-hydrogen) atoms. The summed E-state index contributed by atoms with van der Waals surface area (Å²) in [7, 11) is 0. The van der Waals surface area contributed by atoms with Crippen LogP contribution >= 0.6 is 0 Å². The summed E-state index contributed by atoms with van der Waals surface area (Å²) in [5, 5.41) is 2.88. The summed E-state index contributed by atoms with van der Waals surface area (Å²) in [4.78, 5) is 33.1. The highest BCUT2D eigenvalue weighted by Crippen LogP contribution is 2.19. The largest absolute Gasteiger partial charge is 0.459 e. The molecule has 0 atom stereocenters. The molecule has 0 bridgehead atoms. The second kappa shape index (κ2) is 8.18. The van der Waals surface area contributed by atoms with Crippen molar-refractivity contribution < 1.29 is 14.0 Å². The summed E-state index contributed by atoms with van der Waals surface area (Å²) in [5.41, 5.74) is 3.09. The van der Waals surface area contributed by atoms with E-state index in [1.807, 2.05) is 37.3 Å². The first kappa shape index (κ1) is 18.7. The number of pyridine rings is 1.